The van der Waals surface area contributed by atoms with Crippen molar-refractivity contribution in [3.63, 3.8) is 0 Å². The van der Waals surface area contributed by atoms with Gasteiger partial charge in [-0.25, -0.2) is 4.79 Å². The van der Waals surface area contributed by atoms with Crippen LogP contribution in [0, 0.1) is 5.92 Å². The Morgan fingerprint density at radius 3 is 1.83 bits per heavy atom. The standard InChI is InChI=1S/C14H27NO3/c1-8-14(9-2,11(16)10(3)4)15-12(17)18-13(5,6)7/h10H,8-9H2,1-7H3,(H,15,17). The van der Waals surface area contributed by atoms with Crippen LogP contribution in [-0.4, -0.2) is 23.0 Å². The number of carbonyl (C=O) groups is 2. The van der Waals surface area contributed by atoms with Gasteiger partial charge in [-0.1, -0.05) is 27.7 Å². The van der Waals surface area contributed by atoms with Crippen LogP contribution in [0.1, 0.15) is 61.3 Å². The number of carbonyl (C=O) groups excluding carboxylic acids is 2. The summed E-state index contributed by atoms with van der Waals surface area (Å²) in [5.74, 6) is -0.0572. The van der Waals surface area contributed by atoms with E-state index >= 15 is 0 Å². The van der Waals surface area contributed by atoms with E-state index in [4.69, 9.17) is 4.74 Å². The van der Waals surface area contributed by atoms with E-state index in [1.165, 1.54) is 0 Å². The maximum atomic E-state index is 12.3. The Labute approximate surface area is 110 Å². The summed E-state index contributed by atoms with van der Waals surface area (Å²) in [5.41, 5.74) is -1.37. The van der Waals surface area contributed by atoms with Gasteiger partial charge in [-0.15, -0.1) is 0 Å². The van der Waals surface area contributed by atoms with E-state index in [0.29, 0.717) is 12.8 Å². The van der Waals surface area contributed by atoms with Gasteiger partial charge < -0.3 is 10.1 Å². The largest absolute Gasteiger partial charge is 0.444 e. The maximum Gasteiger partial charge on any atom is 0.408 e. The quantitative estimate of drug-likeness (QED) is 0.822. The van der Waals surface area contributed by atoms with Crippen molar-refractivity contribution in [2.75, 3.05) is 0 Å². The minimum atomic E-state index is -0.809. The fraction of sp³-hybridized carbons (Fsp3) is 0.857. The molecule has 0 saturated carbocycles. The Kier molecular flexibility index (Phi) is 5.84. The summed E-state index contributed by atoms with van der Waals surface area (Å²) in [7, 11) is 0. The first-order valence-electron chi connectivity index (χ1n) is 6.63. The van der Waals surface area contributed by atoms with Crippen molar-refractivity contribution >= 4 is 11.9 Å². The Hall–Kier alpha value is -1.06. The number of amides is 1. The fourth-order valence-corrected chi connectivity index (χ4v) is 1.89. The average molecular weight is 257 g/mol. The molecule has 0 unspecified atom stereocenters. The molecule has 0 spiro atoms. The second-order valence-corrected chi connectivity index (χ2v) is 5.94. The Balaban J connectivity index is 4.93. The highest BCUT2D eigenvalue weighted by molar-refractivity contribution is 5.92. The molecule has 0 radical (unpaired) electrons. The van der Waals surface area contributed by atoms with Crippen molar-refractivity contribution in [3.8, 4) is 0 Å². The molecule has 0 atom stereocenters. The van der Waals surface area contributed by atoms with E-state index in [0.717, 1.165) is 0 Å². The first-order valence-corrected chi connectivity index (χ1v) is 6.63. The lowest BCUT2D eigenvalue weighted by Crippen LogP contribution is -2.56. The third-order valence-electron chi connectivity index (χ3n) is 2.94. The van der Waals surface area contributed by atoms with E-state index < -0.39 is 17.2 Å². The van der Waals surface area contributed by atoms with Crippen LogP contribution in [0.3, 0.4) is 0 Å². The highest BCUT2D eigenvalue weighted by Gasteiger charge is 2.38. The summed E-state index contributed by atoms with van der Waals surface area (Å²) >= 11 is 0. The second kappa shape index (κ2) is 6.21. The minimum Gasteiger partial charge on any atom is -0.444 e. The van der Waals surface area contributed by atoms with Crippen molar-refractivity contribution in [1.29, 1.82) is 0 Å². The van der Waals surface area contributed by atoms with Gasteiger partial charge in [0.2, 0.25) is 0 Å². The molecule has 0 bridgehead atoms. The van der Waals surface area contributed by atoms with Gasteiger partial charge in [0.05, 0.1) is 0 Å². The Morgan fingerprint density at radius 1 is 1.11 bits per heavy atom. The van der Waals surface area contributed by atoms with Gasteiger partial charge in [-0.2, -0.15) is 0 Å². The topological polar surface area (TPSA) is 55.4 Å². The van der Waals surface area contributed by atoms with Crippen molar-refractivity contribution in [2.45, 2.75) is 72.4 Å². The highest BCUT2D eigenvalue weighted by atomic mass is 16.6. The third kappa shape index (κ3) is 4.67. The predicted molar refractivity (Wildman–Crippen MR) is 72.5 cm³/mol. The van der Waals surface area contributed by atoms with Gasteiger partial charge in [-0.3, -0.25) is 4.79 Å². The number of ketones is 1. The average Bonchev–Trinajstić information content (AvgIpc) is 2.22. The number of Topliss-reactive ketones (excluding diaryl/α,β-unsaturated/α-hetero) is 1. The number of hydrogen-bond acceptors (Lipinski definition) is 3. The number of hydrogen-bond donors (Lipinski definition) is 1. The predicted octanol–water partition coefficient (Wildman–Crippen LogP) is 3.30. The van der Waals surface area contributed by atoms with E-state index in [-0.39, 0.29) is 11.7 Å². The summed E-state index contributed by atoms with van der Waals surface area (Å²) in [6.07, 6.45) is 0.611. The molecule has 4 nitrogen and oxygen atoms in total. The van der Waals surface area contributed by atoms with Crippen LogP contribution < -0.4 is 5.32 Å². The molecular formula is C14H27NO3. The monoisotopic (exact) mass is 257 g/mol. The molecule has 0 rings (SSSR count). The number of nitrogens with one attached hydrogen (secondary N) is 1. The molecule has 1 amide bonds. The van der Waals surface area contributed by atoms with Gasteiger partial charge in [-0.05, 0) is 33.6 Å². The molecule has 0 aliphatic heterocycles. The van der Waals surface area contributed by atoms with Gasteiger partial charge >= 0.3 is 6.09 Å². The molecule has 0 aromatic carbocycles. The van der Waals surface area contributed by atoms with Crippen LogP contribution in [0.15, 0.2) is 0 Å². The maximum absolute atomic E-state index is 12.3. The molecule has 0 aliphatic carbocycles. The number of ether oxygens (including phenoxy) is 1. The van der Waals surface area contributed by atoms with Gasteiger partial charge in [0.1, 0.15) is 11.1 Å². The number of rotatable bonds is 5. The van der Waals surface area contributed by atoms with Crippen LogP contribution >= 0.6 is 0 Å². The molecule has 4 heteroatoms. The zero-order chi connectivity index (χ0) is 14.6. The van der Waals surface area contributed by atoms with Crippen LogP contribution in [0.25, 0.3) is 0 Å². The molecular weight excluding hydrogens is 230 g/mol. The van der Waals surface area contributed by atoms with Crippen LogP contribution in [0.4, 0.5) is 4.79 Å². The lowest BCUT2D eigenvalue weighted by atomic mass is 9.83. The lowest BCUT2D eigenvalue weighted by molar-refractivity contribution is -0.128. The Bertz CT molecular complexity index is 299. The van der Waals surface area contributed by atoms with Crippen LogP contribution in [0.5, 0.6) is 0 Å². The van der Waals surface area contributed by atoms with E-state index in [9.17, 15) is 9.59 Å². The summed E-state index contributed by atoms with van der Waals surface area (Å²) < 4.78 is 5.22. The zero-order valence-corrected chi connectivity index (χ0v) is 12.7. The SMILES string of the molecule is CCC(CC)(NC(=O)OC(C)(C)C)C(=O)C(C)C. The molecule has 18 heavy (non-hydrogen) atoms. The Morgan fingerprint density at radius 2 is 1.56 bits per heavy atom. The normalized spacial score (nSPS) is 12.4. The molecule has 0 aliphatic rings. The summed E-state index contributed by atoms with van der Waals surface area (Å²) in [5, 5.41) is 2.76. The van der Waals surface area contributed by atoms with Crippen molar-refractivity contribution in [3.05, 3.63) is 0 Å². The first-order chi connectivity index (χ1) is 8.08. The van der Waals surface area contributed by atoms with Crippen LogP contribution in [0.2, 0.25) is 0 Å². The minimum absolute atomic E-state index is 0.0540. The molecule has 1 N–H and O–H groups in total. The fourth-order valence-electron chi connectivity index (χ4n) is 1.89. The highest BCUT2D eigenvalue weighted by Crippen LogP contribution is 2.22. The van der Waals surface area contributed by atoms with Crippen molar-refractivity contribution in [2.24, 2.45) is 5.92 Å². The second-order valence-electron chi connectivity index (χ2n) is 5.94. The molecule has 0 heterocycles. The smallest absolute Gasteiger partial charge is 0.408 e. The van der Waals surface area contributed by atoms with E-state index in [2.05, 4.69) is 5.32 Å². The summed E-state index contributed by atoms with van der Waals surface area (Å²) in [4.78, 5) is 24.1. The molecule has 0 fully saturated rings. The third-order valence-corrected chi connectivity index (χ3v) is 2.94. The van der Waals surface area contributed by atoms with Crippen LogP contribution in [-0.2, 0) is 9.53 Å². The zero-order valence-electron chi connectivity index (χ0n) is 12.7. The molecule has 0 aromatic heterocycles. The van der Waals surface area contributed by atoms with E-state index in [1.54, 1.807) is 20.8 Å². The lowest BCUT2D eigenvalue weighted by Gasteiger charge is -2.33. The van der Waals surface area contributed by atoms with Gasteiger partial charge in [0.15, 0.2) is 5.78 Å². The first kappa shape index (κ1) is 16.9. The molecule has 0 saturated heterocycles. The molecule has 0 aromatic rings. The number of alkyl carbamates (subject to hydrolysis) is 1. The van der Waals surface area contributed by atoms with Crippen molar-refractivity contribution in [1.82, 2.24) is 5.32 Å². The molecule has 106 valence electrons. The summed E-state index contributed by atoms with van der Waals surface area (Å²) in [6, 6.07) is 0. The van der Waals surface area contributed by atoms with Gasteiger partial charge in [0, 0.05) is 5.92 Å². The van der Waals surface area contributed by atoms with E-state index in [1.807, 2.05) is 27.7 Å². The van der Waals surface area contributed by atoms with Crippen molar-refractivity contribution < 1.29 is 14.3 Å². The summed E-state index contributed by atoms with van der Waals surface area (Å²) in [6.45, 7) is 12.9. The van der Waals surface area contributed by atoms with Gasteiger partial charge in [0.25, 0.3) is 0 Å².